The first kappa shape index (κ1) is 21.9. The van der Waals surface area contributed by atoms with Gasteiger partial charge in [0.05, 0.1) is 5.39 Å². The van der Waals surface area contributed by atoms with E-state index in [1.54, 1.807) is 28.8 Å². The number of halogens is 1. The Morgan fingerprint density at radius 2 is 2.00 bits per heavy atom. The van der Waals surface area contributed by atoms with Crippen LogP contribution < -0.4 is 10.7 Å². The van der Waals surface area contributed by atoms with Crippen LogP contribution >= 0.6 is 0 Å². The number of carbonyl (C=O) groups excluding carboxylic acids is 1. The highest BCUT2D eigenvalue weighted by Crippen LogP contribution is 2.23. The topological polar surface area (TPSA) is 103 Å². The van der Waals surface area contributed by atoms with Gasteiger partial charge in [-0.2, -0.15) is 4.98 Å². The van der Waals surface area contributed by atoms with Crippen LogP contribution in [-0.2, 0) is 11.3 Å². The van der Waals surface area contributed by atoms with E-state index in [-0.39, 0.29) is 41.2 Å². The number of pyridine rings is 2. The molecular weight excluding hydrogens is 437 g/mol. The number of carbonyl (C=O) groups is 1. The lowest BCUT2D eigenvalue weighted by Gasteiger charge is -2.23. The molecule has 0 aliphatic heterocycles. The molecule has 1 fully saturated rings. The Morgan fingerprint density at radius 1 is 1.18 bits per heavy atom. The van der Waals surface area contributed by atoms with Gasteiger partial charge in [0.1, 0.15) is 23.6 Å². The molecule has 0 radical (unpaired) electrons. The number of benzene rings is 1. The third kappa shape index (κ3) is 4.46. The average molecular weight is 461 g/mol. The zero-order valence-electron chi connectivity index (χ0n) is 18.8. The van der Waals surface area contributed by atoms with Gasteiger partial charge in [-0.3, -0.25) is 9.59 Å². The van der Waals surface area contributed by atoms with Gasteiger partial charge in [0.2, 0.25) is 17.2 Å². The van der Waals surface area contributed by atoms with E-state index >= 15 is 0 Å². The van der Waals surface area contributed by atoms with Gasteiger partial charge in [-0.05, 0) is 44.0 Å². The summed E-state index contributed by atoms with van der Waals surface area (Å²) in [5.74, 6) is -0.412. The number of aryl methyl sites for hydroxylation is 1. The van der Waals surface area contributed by atoms with Crippen LogP contribution in [0.4, 0.5) is 4.39 Å². The maximum Gasteiger partial charge on any atom is 0.263 e. The van der Waals surface area contributed by atoms with Crippen LogP contribution in [-0.4, -0.2) is 31.6 Å². The second kappa shape index (κ2) is 9.17. The summed E-state index contributed by atoms with van der Waals surface area (Å²) in [6, 6.07) is 9.40. The molecule has 1 N–H and O–H groups in total. The van der Waals surface area contributed by atoms with Crippen molar-refractivity contribution in [3.8, 4) is 22.8 Å². The molecule has 4 aromatic rings. The highest BCUT2D eigenvalue weighted by atomic mass is 19.1. The van der Waals surface area contributed by atoms with Crippen molar-refractivity contribution >= 4 is 16.9 Å². The van der Waals surface area contributed by atoms with Crippen molar-refractivity contribution in [3.05, 3.63) is 64.3 Å². The molecule has 1 saturated carbocycles. The van der Waals surface area contributed by atoms with Crippen LogP contribution in [0.5, 0.6) is 0 Å². The average Bonchev–Trinajstić information content (AvgIpc) is 3.31. The number of hydrogen-bond acceptors (Lipinski definition) is 6. The fourth-order valence-electron chi connectivity index (χ4n) is 4.39. The van der Waals surface area contributed by atoms with Gasteiger partial charge in [-0.25, -0.2) is 9.37 Å². The van der Waals surface area contributed by atoms with E-state index in [4.69, 9.17) is 4.52 Å². The smallest absolute Gasteiger partial charge is 0.263 e. The number of amides is 1. The molecule has 5 rings (SSSR count). The van der Waals surface area contributed by atoms with Gasteiger partial charge in [0, 0.05) is 23.5 Å². The summed E-state index contributed by atoms with van der Waals surface area (Å²) < 4.78 is 20.6. The van der Waals surface area contributed by atoms with Crippen molar-refractivity contribution in [1.29, 1.82) is 0 Å². The minimum absolute atomic E-state index is 0.00161. The summed E-state index contributed by atoms with van der Waals surface area (Å²) >= 11 is 0. The van der Waals surface area contributed by atoms with Crippen molar-refractivity contribution in [2.75, 3.05) is 0 Å². The number of aromatic nitrogens is 4. The normalized spacial score (nSPS) is 14.4. The monoisotopic (exact) mass is 461 g/mol. The van der Waals surface area contributed by atoms with Crippen molar-refractivity contribution in [3.63, 3.8) is 0 Å². The number of nitrogens with zero attached hydrogens (tertiary/aromatic N) is 4. The summed E-state index contributed by atoms with van der Waals surface area (Å²) in [4.78, 5) is 34.9. The van der Waals surface area contributed by atoms with Crippen molar-refractivity contribution in [2.24, 2.45) is 0 Å². The van der Waals surface area contributed by atoms with E-state index in [2.05, 4.69) is 20.4 Å². The minimum Gasteiger partial charge on any atom is -0.352 e. The van der Waals surface area contributed by atoms with E-state index in [0.717, 1.165) is 31.4 Å². The molecule has 3 heterocycles. The summed E-state index contributed by atoms with van der Waals surface area (Å²) in [5.41, 5.74) is 1.39. The molecule has 0 bridgehead atoms. The number of rotatable bonds is 5. The Morgan fingerprint density at radius 3 is 2.79 bits per heavy atom. The molecule has 174 valence electrons. The maximum atomic E-state index is 13.6. The van der Waals surface area contributed by atoms with Gasteiger partial charge in [-0.15, -0.1) is 0 Å². The van der Waals surface area contributed by atoms with Crippen molar-refractivity contribution < 1.29 is 13.7 Å². The number of fused-ring (bicyclic) bond motifs is 1. The lowest BCUT2D eigenvalue weighted by atomic mass is 9.95. The summed E-state index contributed by atoms with van der Waals surface area (Å²) in [6.07, 6.45) is 6.91. The van der Waals surface area contributed by atoms with Crippen LogP contribution in [0.15, 0.2) is 51.9 Å². The highest BCUT2D eigenvalue weighted by Gasteiger charge is 2.21. The Bertz CT molecular complexity index is 1420. The number of hydrogen-bond donors (Lipinski definition) is 1. The fourth-order valence-corrected chi connectivity index (χ4v) is 4.39. The first-order chi connectivity index (χ1) is 16.5. The third-order valence-electron chi connectivity index (χ3n) is 6.08. The van der Waals surface area contributed by atoms with E-state index < -0.39 is 5.82 Å². The standard InChI is InChI=1S/C25H24FN5O3/c1-15-10-11-19-22(33)20(25-29-23(30-34-25)16-6-5-7-17(26)12-16)13-31(24(19)27-15)14-21(32)28-18-8-3-2-4-9-18/h5-7,10-13,18H,2-4,8-9,14H2,1H3,(H,28,32). The lowest BCUT2D eigenvalue weighted by molar-refractivity contribution is -0.122. The molecule has 1 amide bonds. The molecule has 34 heavy (non-hydrogen) atoms. The first-order valence-electron chi connectivity index (χ1n) is 11.4. The fraction of sp³-hybridized carbons (Fsp3) is 0.320. The molecule has 0 atom stereocenters. The molecule has 8 nitrogen and oxygen atoms in total. The highest BCUT2D eigenvalue weighted by molar-refractivity contribution is 5.83. The molecule has 1 aliphatic rings. The second-order valence-electron chi connectivity index (χ2n) is 8.66. The van der Waals surface area contributed by atoms with Crippen LogP contribution in [0.25, 0.3) is 33.9 Å². The zero-order valence-corrected chi connectivity index (χ0v) is 18.8. The Labute approximate surface area is 194 Å². The molecule has 0 saturated heterocycles. The SMILES string of the molecule is Cc1ccc2c(=O)c(-c3nc(-c4cccc(F)c4)no3)cn(CC(=O)NC3CCCCC3)c2n1. The van der Waals surface area contributed by atoms with Crippen LogP contribution in [0.2, 0.25) is 0 Å². The molecule has 0 unspecified atom stereocenters. The molecule has 9 heteroatoms. The predicted octanol–water partition coefficient (Wildman–Crippen LogP) is 4.01. The second-order valence-corrected chi connectivity index (χ2v) is 8.66. The van der Waals surface area contributed by atoms with Crippen molar-refractivity contribution in [1.82, 2.24) is 25.0 Å². The summed E-state index contributed by atoms with van der Waals surface area (Å²) in [5, 5.41) is 7.36. The third-order valence-corrected chi connectivity index (χ3v) is 6.08. The van der Waals surface area contributed by atoms with E-state index in [0.29, 0.717) is 16.6 Å². The zero-order chi connectivity index (χ0) is 23.7. The largest absolute Gasteiger partial charge is 0.352 e. The minimum atomic E-state index is -0.428. The van der Waals surface area contributed by atoms with Gasteiger partial charge in [0.25, 0.3) is 5.89 Å². The lowest BCUT2D eigenvalue weighted by Crippen LogP contribution is -2.38. The molecule has 0 spiro atoms. The Hall–Kier alpha value is -3.88. The van der Waals surface area contributed by atoms with Crippen LogP contribution in [0, 0.1) is 12.7 Å². The van der Waals surface area contributed by atoms with Crippen LogP contribution in [0.1, 0.15) is 37.8 Å². The van der Waals surface area contributed by atoms with Crippen LogP contribution in [0.3, 0.4) is 0 Å². The van der Waals surface area contributed by atoms with Gasteiger partial charge in [0.15, 0.2) is 0 Å². The summed E-state index contributed by atoms with van der Waals surface area (Å²) in [6.45, 7) is 1.83. The molecular formula is C25H24FN5O3. The Balaban J connectivity index is 1.53. The Kier molecular flexibility index (Phi) is 5.91. The molecule has 1 aromatic carbocycles. The quantitative estimate of drug-likeness (QED) is 0.482. The molecule has 1 aliphatic carbocycles. The number of nitrogens with one attached hydrogen (secondary N) is 1. The van der Waals surface area contributed by atoms with E-state index in [1.807, 2.05) is 6.92 Å². The van der Waals surface area contributed by atoms with Gasteiger partial charge < -0.3 is 14.4 Å². The van der Waals surface area contributed by atoms with Crippen molar-refractivity contribution in [2.45, 2.75) is 51.6 Å². The van der Waals surface area contributed by atoms with E-state index in [1.165, 1.54) is 24.8 Å². The maximum absolute atomic E-state index is 13.6. The molecule has 3 aromatic heterocycles. The van der Waals surface area contributed by atoms with E-state index in [9.17, 15) is 14.0 Å². The predicted molar refractivity (Wildman–Crippen MR) is 124 cm³/mol. The van der Waals surface area contributed by atoms with Gasteiger partial charge in [-0.1, -0.05) is 36.6 Å². The van der Waals surface area contributed by atoms with Gasteiger partial charge >= 0.3 is 0 Å². The first-order valence-corrected chi connectivity index (χ1v) is 11.4. The summed E-state index contributed by atoms with van der Waals surface area (Å²) in [7, 11) is 0.